The zero-order valence-corrected chi connectivity index (χ0v) is 18.8. The maximum absolute atomic E-state index is 12.1. The Labute approximate surface area is 181 Å². The molecule has 0 aliphatic rings. The lowest BCUT2D eigenvalue weighted by Gasteiger charge is -2.19. The number of nitrogens with zero attached hydrogens (tertiary/aromatic N) is 2. The minimum absolute atomic E-state index is 0.0755. The number of aryl methyl sites for hydroxylation is 1. The monoisotopic (exact) mass is 425 g/mol. The average Bonchev–Trinajstić information content (AvgIpc) is 3.19. The van der Waals surface area contributed by atoms with Gasteiger partial charge in [0, 0.05) is 41.2 Å². The fourth-order valence-corrected chi connectivity index (χ4v) is 4.38. The molecule has 0 atom stereocenters. The van der Waals surface area contributed by atoms with Crippen LogP contribution in [0.1, 0.15) is 37.8 Å². The third-order valence-corrected chi connectivity index (χ3v) is 6.43. The summed E-state index contributed by atoms with van der Waals surface area (Å²) in [6.45, 7) is 7.28. The van der Waals surface area contributed by atoms with Crippen molar-refractivity contribution in [3.63, 3.8) is 0 Å². The normalized spacial score (nSPS) is 11.4. The molecule has 29 heavy (non-hydrogen) atoms. The van der Waals surface area contributed by atoms with E-state index in [0.717, 1.165) is 34.0 Å². The van der Waals surface area contributed by atoms with Crippen LogP contribution in [0.2, 0.25) is 0 Å². The molecule has 1 N–H and O–H groups in total. The van der Waals surface area contributed by atoms with Gasteiger partial charge in [0.15, 0.2) is 0 Å². The van der Waals surface area contributed by atoms with Crippen LogP contribution >= 0.6 is 23.1 Å². The van der Waals surface area contributed by atoms with Crippen LogP contribution in [-0.2, 0) is 16.6 Å². The summed E-state index contributed by atoms with van der Waals surface area (Å²) in [6.07, 6.45) is 5.32. The third-order valence-electron chi connectivity index (χ3n) is 4.51. The quantitative estimate of drug-likeness (QED) is 0.391. The molecule has 0 spiro atoms. The molecule has 2 heterocycles. The Balaban J connectivity index is 1.36. The molecule has 1 aromatic carbocycles. The van der Waals surface area contributed by atoms with Gasteiger partial charge in [-0.05, 0) is 41.7 Å². The van der Waals surface area contributed by atoms with E-state index >= 15 is 0 Å². The number of thiazole rings is 1. The molecular formula is C23H27N3OS2. The summed E-state index contributed by atoms with van der Waals surface area (Å²) >= 11 is 3.24. The average molecular weight is 426 g/mol. The molecule has 152 valence electrons. The van der Waals surface area contributed by atoms with E-state index in [1.807, 2.05) is 12.1 Å². The molecule has 0 unspecified atom stereocenters. The predicted octanol–water partition coefficient (Wildman–Crippen LogP) is 5.34. The van der Waals surface area contributed by atoms with Crippen molar-refractivity contribution in [3.05, 3.63) is 64.7 Å². The van der Waals surface area contributed by atoms with Crippen molar-refractivity contribution < 1.29 is 4.79 Å². The van der Waals surface area contributed by atoms with Crippen LogP contribution in [0.4, 0.5) is 0 Å². The fourth-order valence-electron chi connectivity index (χ4n) is 2.80. The van der Waals surface area contributed by atoms with Crippen LogP contribution in [0, 0.1) is 0 Å². The molecule has 2 aromatic heterocycles. The van der Waals surface area contributed by atoms with Crippen LogP contribution < -0.4 is 5.32 Å². The zero-order chi connectivity index (χ0) is 20.7. The maximum Gasteiger partial charge on any atom is 0.230 e. The van der Waals surface area contributed by atoms with E-state index in [9.17, 15) is 4.79 Å². The van der Waals surface area contributed by atoms with Gasteiger partial charge in [-0.2, -0.15) is 0 Å². The second-order valence-electron chi connectivity index (χ2n) is 7.88. The Morgan fingerprint density at radius 1 is 1.10 bits per heavy atom. The molecule has 0 aliphatic heterocycles. The van der Waals surface area contributed by atoms with Crippen LogP contribution in [0.25, 0.3) is 11.3 Å². The van der Waals surface area contributed by atoms with E-state index < -0.39 is 0 Å². The van der Waals surface area contributed by atoms with Crippen LogP contribution in [0.15, 0.2) is 59.1 Å². The highest BCUT2D eigenvalue weighted by molar-refractivity contribution is 8.00. The van der Waals surface area contributed by atoms with E-state index in [-0.39, 0.29) is 11.3 Å². The van der Waals surface area contributed by atoms with Gasteiger partial charge in [0.05, 0.1) is 16.5 Å². The van der Waals surface area contributed by atoms with E-state index in [4.69, 9.17) is 0 Å². The highest BCUT2D eigenvalue weighted by Crippen LogP contribution is 2.25. The number of carbonyl (C=O) groups is 1. The molecule has 0 bridgehead atoms. The lowest BCUT2D eigenvalue weighted by Crippen LogP contribution is -2.26. The summed E-state index contributed by atoms with van der Waals surface area (Å²) in [5.74, 6) is 0.518. The molecule has 0 saturated carbocycles. The van der Waals surface area contributed by atoms with Crippen LogP contribution in [-0.4, -0.2) is 28.2 Å². The zero-order valence-electron chi connectivity index (χ0n) is 17.1. The molecule has 0 saturated heterocycles. The van der Waals surface area contributed by atoms with Gasteiger partial charge < -0.3 is 5.32 Å². The van der Waals surface area contributed by atoms with Crippen molar-refractivity contribution in [2.24, 2.45) is 0 Å². The molecule has 0 fully saturated rings. The first-order chi connectivity index (χ1) is 13.9. The predicted molar refractivity (Wildman–Crippen MR) is 123 cm³/mol. The molecule has 0 aliphatic carbocycles. The number of pyridine rings is 1. The first-order valence-electron chi connectivity index (χ1n) is 9.77. The van der Waals surface area contributed by atoms with Gasteiger partial charge in [-0.25, -0.2) is 4.98 Å². The van der Waals surface area contributed by atoms with Gasteiger partial charge in [-0.3, -0.25) is 9.78 Å². The fraction of sp³-hybridized carbons (Fsp3) is 0.348. The Kier molecular flexibility index (Phi) is 7.45. The molecule has 3 rings (SSSR count). The number of amides is 1. The smallest absolute Gasteiger partial charge is 0.230 e. The summed E-state index contributed by atoms with van der Waals surface area (Å²) in [6, 6.07) is 12.4. The molecule has 1 amide bonds. The lowest BCUT2D eigenvalue weighted by atomic mass is 9.87. The highest BCUT2D eigenvalue weighted by Gasteiger charge is 2.13. The lowest BCUT2D eigenvalue weighted by molar-refractivity contribution is -0.118. The standard InChI is InChI=1S/C23H27N3OS2/c1-23(2,3)18-6-8-19(9-7-18)28-16-21(27)25-12-4-5-22-26-20(15-29-22)17-10-13-24-14-11-17/h6-11,13-15H,4-5,12,16H2,1-3H3,(H,25,27). The topological polar surface area (TPSA) is 54.9 Å². The summed E-state index contributed by atoms with van der Waals surface area (Å²) in [5.41, 5.74) is 3.53. The van der Waals surface area contributed by atoms with Crippen molar-refractivity contribution in [3.8, 4) is 11.3 Å². The molecule has 6 heteroatoms. The Morgan fingerprint density at radius 2 is 1.83 bits per heavy atom. The second kappa shape index (κ2) is 10.0. The van der Waals surface area contributed by atoms with Gasteiger partial charge >= 0.3 is 0 Å². The number of benzene rings is 1. The summed E-state index contributed by atoms with van der Waals surface area (Å²) in [7, 11) is 0. The number of thioether (sulfide) groups is 1. The SMILES string of the molecule is CC(C)(C)c1ccc(SCC(=O)NCCCc2nc(-c3ccncc3)cs2)cc1. The van der Waals surface area contributed by atoms with E-state index in [1.165, 1.54) is 5.56 Å². The number of hydrogen-bond acceptors (Lipinski definition) is 5. The molecule has 0 radical (unpaired) electrons. The van der Waals surface area contributed by atoms with Gasteiger partial charge in [0.2, 0.25) is 5.91 Å². The number of aromatic nitrogens is 2. The minimum Gasteiger partial charge on any atom is -0.355 e. The van der Waals surface area contributed by atoms with E-state index in [0.29, 0.717) is 12.3 Å². The first-order valence-corrected chi connectivity index (χ1v) is 11.6. The number of carbonyl (C=O) groups excluding carboxylic acids is 1. The number of hydrogen-bond donors (Lipinski definition) is 1. The maximum atomic E-state index is 12.1. The summed E-state index contributed by atoms with van der Waals surface area (Å²) in [4.78, 5) is 21.9. The van der Waals surface area contributed by atoms with Crippen molar-refractivity contribution in [2.45, 2.75) is 43.9 Å². The van der Waals surface area contributed by atoms with Crippen molar-refractivity contribution in [1.82, 2.24) is 15.3 Å². The highest BCUT2D eigenvalue weighted by atomic mass is 32.2. The summed E-state index contributed by atoms with van der Waals surface area (Å²) in [5, 5.41) is 6.18. The Bertz CT molecular complexity index is 915. The largest absolute Gasteiger partial charge is 0.355 e. The molecule has 4 nitrogen and oxygen atoms in total. The summed E-state index contributed by atoms with van der Waals surface area (Å²) < 4.78 is 0. The first kappa shape index (κ1) is 21.5. The van der Waals surface area contributed by atoms with Gasteiger partial charge in [0.25, 0.3) is 0 Å². The second-order valence-corrected chi connectivity index (χ2v) is 9.87. The Morgan fingerprint density at radius 3 is 2.52 bits per heavy atom. The number of nitrogens with one attached hydrogen (secondary N) is 1. The van der Waals surface area contributed by atoms with E-state index in [2.05, 4.69) is 65.7 Å². The van der Waals surface area contributed by atoms with Crippen LogP contribution in [0.3, 0.4) is 0 Å². The van der Waals surface area contributed by atoms with E-state index in [1.54, 1.807) is 35.5 Å². The van der Waals surface area contributed by atoms with Crippen molar-refractivity contribution in [1.29, 1.82) is 0 Å². The minimum atomic E-state index is 0.0755. The van der Waals surface area contributed by atoms with Crippen molar-refractivity contribution in [2.75, 3.05) is 12.3 Å². The van der Waals surface area contributed by atoms with Gasteiger partial charge in [-0.15, -0.1) is 23.1 Å². The number of rotatable bonds is 8. The van der Waals surface area contributed by atoms with Crippen molar-refractivity contribution >= 4 is 29.0 Å². The van der Waals surface area contributed by atoms with Gasteiger partial charge in [-0.1, -0.05) is 32.9 Å². The van der Waals surface area contributed by atoms with Gasteiger partial charge in [0.1, 0.15) is 0 Å². The molecule has 3 aromatic rings. The van der Waals surface area contributed by atoms with Crippen LogP contribution in [0.5, 0.6) is 0 Å². The Hall–Kier alpha value is -2.18. The third kappa shape index (κ3) is 6.68. The molecular weight excluding hydrogens is 398 g/mol.